The molecular weight excluding hydrogens is 224 g/mol. The summed E-state index contributed by atoms with van der Waals surface area (Å²) in [5.41, 5.74) is 0. The van der Waals surface area contributed by atoms with Crippen LogP contribution in [-0.2, 0) is 23.9 Å². The molecule has 5 nitrogen and oxygen atoms in total. The summed E-state index contributed by atoms with van der Waals surface area (Å²) in [5, 5.41) is 0. The molecule has 0 heterocycles. The highest BCUT2D eigenvalue weighted by atomic mass is 16.6. The summed E-state index contributed by atoms with van der Waals surface area (Å²) in [6, 6.07) is 0. The molecule has 0 amide bonds. The molecule has 0 unspecified atom stereocenters. The molecule has 0 rings (SSSR count). The minimum atomic E-state index is -0.908. The zero-order valence-electron chi connectivity index (χ0n) is 10.7. The van der Waals surface area contributed by atoms with Crippen molar-refractivity contribution in [3.05, 3.63) is 0 Å². The Kier molecular flexibility index (Phi) is 8.01. The van der Waals surface area contributed by atoms with Gasteiger partial charge in [0.2, 0.25) is 0 Å². The van der Waals surface area contributed by atoms with Crippen LogP contribution in [0.25, 0.3) is 0 Å². The molecule has 0 atom stereocenters. The van der Waals surface area contributed by atoms with E-state index in [0.29, 0.717) is 12.8 Å². The molecule has 0 saturated carbocycles. The molecule has 0 aromatic heterocycles. The summed E-state index contributed by atoms with van der Waals surface area (Å²) in [7, 11) is 0. The normalized spacial score (nSPS) is 10.1. The summed E-state index contributed by atoms with van der Waals surface area (Å²) in [5.74, 6) is -2.02. The highest BCUT2D eigenvalue weighted by Gasteiger charge is 2.28. The lowest BCUT2D eigenvalue weighted by molar-refractivity contribution is -0.162. The molecule has 0 saturated heterocycles. The van der Waals surface area contributed by atoms with Gasteiger partial charge in [0.1, 0.15) is 5.78 Å². The number of carbonyl (C=O) groups excluding carboxylic acids is 3. The van der Waals surface area contributed by atoms with Gasteiger partial charge >= 0.3 is 11.9 Å². The summed E-state index contributed by atoms with van der Waals surface area (Å²) < 4.78 is 9.61. The van der Waals surface area contributed by atoms with Crippen molar-refractivity contribution < 1.29 is 23.9 Å². The van der Waals surface area contributed by atoms with E-state index in [1.165, 1.54) is 6.92 Å². The molecule has 17 heavy (non-hydrogen) atoms. The average Bonchev–Trinajstić information content (AvgIpc) is 2.24. The molecule has 0 fully saturated rings. The minimum absolute atomic E-state index is 0.0384. The van der Waals surface area contributed by atoms with Gasteiger partial charge in [-0.05, 0) is 33.6 Å². The minimum Gasteiger partial charge on any atom is -0.465 e. The lowest BCUT2D eigenvalue weighted by Crippen LogP contribution is -2.28. The van der Waals surface area contributed by atoms with Crippen LogP contribution in [0.5, 0.6) is 0 Å². The Bertz CT molecular complexity index is 254. The second-order valence-electron chi connectivity index (χ2n) is 3.65. The number of ketones is 1. The van der Waals surface area contributed by atoms with Crippen LogP contribution in [0, 0.1) is 5.92 Å². The first-order chi connectivity index (χ1) is 8.02. The molecule has 0 bridgehead atoms. The number of carbonyl (C=O) groups is 3. The van der Waals surface area contributed by atoms with Gasteiger partial charge in [-0.15, -0.1) is 0 Å². The molecule has 0 aliphatic rings. The maximum Gasteiger partial charge on any atom is 0.320 e. The zero-order chi connectivity index (χ0) is 13.3. The molecule has 98 valence electrons. The van der Waals surface area contributed by atoms with Crippen LogP contribution in [0.15, 0.2) is 0 Å². The average molecular weight is 244 g/mol. The highest BCUT2D eigenvalue weighted by Crippen LogP contribution is 2.13. The highest BCUT2D eigenvalue weighted by molar-refractivity contribution is 5.94. The fourth-order valence-corrected chi connectivity index (χ4v) is 1.37. The SMILES string of the molecule is CCOC(=O)C(CCCC(C)=O)C(=O)OCC. The number of rotatable bonds is 8. The molecule has 0 N–H and O–H groups in total. The molecule has 0 aliphatic carbocycles. The standard InChI is InChI=1S/C12H20O5/c1-4-16-11(14)10(12(15)17-5-2)8-6-7-9(3)13/h10H,4-8H2,1-3H3. The molecule has 0 aromatic carbocycles. The Morgan fingerprint density at radius 2 is 1.47 bits per heavy atom. The van der Waals surface area contributed by atoms with Crippen molar-refractivity contribution in [3.63, 3.8) is 0 Å². The van der Waals surface area contributed by atoms with Gasteiger partial charge < -0.3 is 14.3 Å². The molecule has 0 radical (unpaired) electrons. The summed E-state index contributed by atoms with van der Waals surface area (Å²) in [6.07, 6.45) is 1.13. The topological polar surface area (TPSA) is 69.7 Å². The first kappa shape index (κ1) is 15.6. The van der Waals surface area contributed by atoms with E-state index in [0.717, 1.165) is 0 Å². The summed E-state index contributed by atoms with van der Waals surface area (Å²) in [4.78, 5) is 33.8. The van der Waals surface area contributed by atoms with Crippen molar-refractivity contribution >= 4 is 17.7 Å². The second-order valence-corrected chi connectivity index (χ2v) is 3.65. The van der Waals surface area contributed by atoms with E-state index in [1.807, 2.05) is 0 Å². The zero-order valence-corrected chi connectivity index (χ0v) is 10.7. The number of esters is 2. The first-order valence-electron chi connectivity index (χ1n) is 5.85. The Morgan fingerprint density at radius 1 is 1.00 bits per heavy atom. The van der Waals surface area contributed by atoms with Crippen molar-refractivity contribution in [3.8, 4) is 0 Å². The predicted octanol–water partition coefficient (Wildman–Crippen LogP) is 1.49. The van der Waals surface area contributed by atoms with Crippen molar-refractivity contribution in [2.24, 2.45) is 5.92 Å². The number of ether oxygens (including phenoxy) is 2. The van der Waals surface area contributed by atoms with E-state index in [2.05, 4.69) is 0 Å². The maximum atomic E-state index is 11.5. The Morgan fingerprint density at radius 3 is 1.82 bits per heavy atom. The maximum absolute atomic E-state index is 11.5. The third-order valence-corrected chi connectivity index (χ3v) is 2.16. The van der Waals surface area contributed by atoms with Crippen LogP contribution < -0.4 is 0 Å². The lowest BCUT2D eigenvalue weighted by atomic mass is 10.0. The number of Topliss-reactive ketones (excluding diaryl/α,β-unsaturated/α-hetero) is 1. The Balaban J connectivity index is 4.34. The third kappa shape index (κ3) is 6.71. The van der Waals surface area contributed by atoms with Gasteiger partial charge in [-0.3, -0.25) is 9.59 Å². The first-order valence-corrected chi connectivity index (χ1v) is 5.85. The smallest absolute Gasteiger partial charge is 0.320 e. The Labute approximate surface area is 101 Å². The van der Waals surface area contributed by atoms with Crippen molar-refractivity contribution in [1.82, 2.24) is 0 Å². The van der Waals surface area contributed by atoms with E-state index in [1.54, 1.807) is 13.8 Å². The molecule has 0 spiro atoms. The van der Waals surface area contributed by atoms with E-state index in [9.17, 15) is 14.4 Å². The van der Waals surface area contributed by atoms with Gasteiger partial charge in [-0.2, -0.15) is 0 Å². The van der Waals surface area contributed by atoms with Crippen LogP contribution >= 0.6 is 0 Å². The molecule has 0 aliphatic heterocycles. The van der Waals surface area contributed by atoms with E-state index < -0.39 is 17.9 Å². The van der Waals surface area contributed by atoms with Gasteiger partial charge in [0.05, 0.1) is 13.2 Å². The van der Waals surface area contributed by atoms with Crippen molar-refractivity contribution in [2.45, 2.75) is 40.0 Å². The largest absolute Gasteiger partial charge is 0.465 e. The van der Waals surface area contributed by atoms with Gasteiger partial charge in [-0.1, -0.05) is 0 Å². The van der Waals surface area contributed by atoms with E-state index in [-0.39, 0.29) is 25.4 Å². The van der Waals surface area contributed by atoms with Crippen LogP contribution in [0.1, 0.15) is 40.0 Å². The molecule has 0 aromatic rings. The predicted molar refractivity (Wildman–Crippen MR) is 61.3 cm³/mol. The molecular formula is C12H20O5. The quantitative estimate of drug-likeness (QED) is 0.478. The summed E-state index contributed by atoms with van der Waals surface area (Å²) >= 11 is 0. The van der Waals surface area contributed by atoms with Gasteiger partial charge in [-0.25, -0.2) is 0 Å². The summed E-state index contributed by atoms with van der Waals surface area (Å²) in [6.45, 7) is 5.28. The number of hydrogen-bond acceptors (Lipinski definition) is 5. The molecule has 5 heteroatoms. The van der Waals surface area contributed by atoms with Crippen molar-refractivity contribution in [2.75, 3.05) is 13.2 Å². The Hall–Kier alpha value is -1.39. The third-order valence-electron chi connectivity index (χ3n) is 2.16. The van der Waals surface area contributed by atoms with Gasteiger partial charge in [0.25, 0.3) is 0 Å². The van der Waals surface area contributed by atoms with E-state index >= 15 is 0 Å². The van der Waals surface area contributed by atoms with Crippen LogP contribution in [0.3, 0.4) is 0 Å². The van der Waals surface area contributed by atoms with Gasteiger partial charge in [0.15, 0.2) is 5.92 Å². The monoisotopic (exact) mass is 244 g/mol. The second kappa shape index (κ2) is 8.73. The van der Waals surface area contributed by atoms with E-state index in [4.69, 9.17) is 9.47 Å². The fraction of sp³-hybridized carbons (Fsp3) is 0.750. The van der Waals surface area contributed by atoms with Crippen LogP contribution in [0.2, 0.25) is 0 Å². The van der Waals surface area contributed by atoms with Crippen molar-refractivity contribution in [1.29, 1.82) is 0 Å². The lowest BCUT2D eigenvalue weighted by Gasteiger charge is -2.13. The van der Waals surface area contributed by atoms with Crippen LogP contribution in [-0.4, -0.2) is 30.9 Å². The van der Waals surface area contributed by atoms with Crippen LogP contribution in [0.4, 0.5) is 0 Å². The number of hydrogen-bond donors (Lipinski definition) is 0. The fourth-order valence-electron chi connectivity index (χ4n) is 1.37. The van der Waals surface area contributed by atoms with Gasteiger partial charge in [0, 0.05) is 6.42 Å².